The maximum absolute atomic E-state index is 13.1. The van der Waals surface area contributed by atoms with Crippen LogP contribution >= 0.6 is 15.6 Å². The molecule has 0 rings (SSSR count). The lowest BCUT2D eigenvalue weighted by atomic mass is 10.0. The Balaban J connectivity index is 5.20. The number of hydrogen-bond acceptors (Lipinski definition) is 15. The molecule has 0 saturated heterocycles. The highest BCUT2D eigenvalue weighted by atomic mass is 31.2. The summed E-state index contributed by atoms with van der Waals surface area (Å²) in [4.78, 5) is 72.7. The van der Waals surface area contributed by atoms with Crippen molar-refractivity contribution in [2.24, 2.45) is 11.8 Å². The number of phosphoric ester groups is 2. The Bertz CT molecular complexity index is 1820. The summed E-state index contributed by atoms with van der Waals surface area (Å²) in [6.45, 7) is 9.60. The van der Waals surface area contributed by atoms with Crippen molar-refractivity contribution in [1.29, 1.82) is 0 Å². The van der Waals surface area contributed by atoms with Crippen LogP contribution in [0.2, 0.25) is 0 Å². The average molecular weight is 1380 g/mol. The fourth-order valence-electron chi connectivity index (χ4n) is 11.5. The number of carbonyl (C=O) groups is 4. The van der Waals surface area contributed by atoms with Crippen LogP contribution in [-0.2, 0) is 65.4 Å². The van der Waals surface area contributed by atoms with E-state index in [1.165, 1.54) is 193 Å². The average Bonchev–Trinajstić information content (AvgIpc) is 1.87. The molecule has 0 heterocycles. The van der Waals surface area contributed by atoms with Gasteiger partial charge in [-0.05, 0) is 37.5 Å². The zero-order chi connectivity index (χ0) is 69.3. The third-order valence-electron chi connectivity index (χ3n) is 17.5. The van der Waals surface area contributed by atoms with Gasteiger partial charge in [0.15, 0.2) is 12.2 Å². The first kappa shape index (κ1) is 92.1. The van der Waals surface area contributed by atoms with Crippen LogP contribution < -0.4 is 0 Å². The van der Waals surface area contributed by atoms with Crippen molar-refractivity contribution in [2.45, 2.75) is 407 Å². The lowest BCUT2D eigenvalue weighted by molar-refractivity contribution is -0.161. The second-order valence-corrected chi connectivity index (χ2v) is 30.9. The number of aliphatic hydroxyl groups excluding tert-OH is 1. The minimum absolute atomic E-state index is 0.108. The first-order chi connectivity index (χ1) is 45.4. The van der Waals surface area contributed by atoms with Gasteiger partial charge in [-0.15, -0.1) is 0 Å². The van der Waals surface area contributed by atoms with Gasteiger partial charge in [-0.2, -0.15) is 0 Å². The highest BCUT2D eigenvalue weighted by Crippen LogP contribution is 2.45. The van der Waals surface area contributed by atoms with Crippen LogP contribution in [0.5, 0.6) is 0 Å². The second kappa shape index (κ2) is 66.9. The van der Waals surface area contributed by atoms with Crippen molar-refractivity contribution in [3.05, 3.63) is 0 Å². The molecule has 3 N–H and O–H groups in total. The van der Waals surface area contributed by atoms with Gasteiger partial charge < -0.3 is 33.8 Å². The summed E-state index contributed by atoms with van der Waals surface area (Å²) in [5.74, 6) is -0.533. The molecule has 0 amide bonds. The van der Waals surface area contributed by atoms with Gasteiger partial charge in [-0.3, -0.25) is 37.3 Å². The second-order valence-electron chi connectivity index (χ2n) is 28.0. The van der Waals surface area contributed by atoms with E-state index in [-0.39, 0.29) is 25.7 Å². The molecule has 0 aliphatic carbocycles. The van der Waals surface area contributed by atoms with Crippen molar-refractivity contribution in [2.75, 3.05) is 39.6 Å². The van der Waals surface area contributed by atoms with E-state index in [2.05, 4.69) is 41.5 Å². The molecule has 0 aromatic heterocycles. The van der Waals surface area contributed by atoms with Crippen molar-refractivity contribution in [1.82, 2.24) is 0 Å². The van der Waals surface area contributed by atoms with Crippen LogP contribution in [-0.4, -0.2) is 96.7 Å². The maximum Gasteiger partial charge on any atom is 0.472 e. The van der Waals surface area contributed by atoms with Gasteiger partial charge in [0.2, 0.25) is 0 Å². The number of hydrogen-bond donors (Lipinski definition) is 3. The molecule has 0 aliphatic rings. The van der Waals surface area contributed by atoms with E-state index in [9.17, 15) is 43.2 Å². The molecule has 0 aromatic rings. The Kier molecular flexibility index (Phi) is 65.5. The molecule has 94 heavy (non-hydrogen) atoms. The number of aliphatic hydroxyl groups is 1. The minimum atomic E-state index is -4.96. The first-order valence-corrected chi connectivity index (χ1v) is 42.0. The van der Waals surface area contributed by atoms with Crippen molar-refractivity contribution < 1.29 is 80.2 Å². The van der Waals surface area contributed by atoms with Crippen LogP contribution in [0.4, 0.5) is 0 Å². The Morgan fingerprint density at radius 1 is 0.287 bits per heavy atom. The lowest BCUT2D eigenvalue weighted by Crippen LogP contribution is -2.30. The highest BCUT2D eigenvalue weighted by molar-refractivity contribution is 7.47. The quantitative estimate of drug-likeness (QED) is 0.0222. The smallest absolute Gasteiger partial charge is 0.462 e. The van der Waals surface area contributed by atoms with E-state index < -0.39 is 97.5 Å². The monoisotopic (exact) mass is 1380 g/mol. The van der Waals surface area contributed by atoms with Gasteiger partial charge in [-0.1, -0.05) is 337 Å². The minimum Gasteiger partial charge on any atom is -0.462 e. The summed E-state index contributed by atoms with van der Waals surface area (Å²) >= 11 is 0. The van der Waals surface area contributed by atoms with E-state index in [4.69, 9.17) is 37.0 Å². The van der Waals surface area contributed by atoms with Crippen LogP contribution in [0.1, 0.15) is 388 Å². The Morgan fingerprint density at radius 2 is 0.489 bits per heavy atom. The number of phosphoric acid groups is 2. The van der Waals surface area contributed by atoms with Gasteiger partial charge in [0.1, 0.15) is 19.3 Å². The van der Waals surface area contributed by atoms with E-state index in [1.54, 1.807) is 0 Å². The van der Waals surface area contributed by atoms with Crippen LogP contribution in [0, 0.1) is 11.8 Å². The molecule has 0 saturated carbocycles. The molecule has 0 radical (unpaired) electrons. The SMILES string of the molecule is CCCCCCCCCCCCCCCCC(=O)O[C@H](COC(=O)CCCCCCCCC)COP(=O)(O)OC[C@H](O)COP(=O)(O)OC[C@@H](COC(=O)CCCCCCCCCCCCCCCC(C)C)OC(=O)CCCCCCCCCCCCCCCCC(C)C. The molecule has 17 nitrogen and oxygen atoms in total. The molecular weight excluding hydrogens is 1230 g/mol. The molecule has 558 valence electrons. The standard InChI is InChI=1S/C75H146O17P2/c1-7-9-11-13-15-16-17-18-24-30-35-41-47-53-59-74(79)91-70(63-85-72(77)57-51-45-37-14-12-10-8-2)65-89-93(81,82)87-61-69(76)62-88-94(83,84)90-66-71(64-86-73(78)58-52-46-40-34-29-26-21-23-28-33-39-44-50-56-68(5)6)92-75(80)60-54-48-42-36-31-25-20-19-22-27-32-38-43-49-55-67(3)4/h67-71,76H,7-66H2,1-6H3,(H,81,82)(H,83,84)/t69-,70+,71+/m0/s1. The van der Waals surface area contributed by atoms with Crippen LogP contribution in [0.3, 0.4) is 0 Å². The molecule has 5 atom stereocenters. The first-order valence-electron chi connectivity index (χ1n) is 39.0. The summed E-state index contributed by atoms with van der Waals surface area (Å²) in [5, 5.41) is 10.6. The van der Waals surface area contributed by atoms with E-state index >= 15 is 0 Å². The normalized spacial score (nSPS) is 14.0. The van der Waals surface area contributed by atoms with Crippen LogP contribution in [0.15, 0.2) is 0 Å². The number of esters is 4. The third-order valence-corrected chi connectivity index (χ3v) is 19.4. The lowest BCUT2D eigenvalue weighted by Gasteiger charge is -2.21. The number of rotatable bonds is 74. The molecule has 0 spiro atoms. The number of unbranched alkanes of at least 4 members (excludes halogenated alkanes) is 44. The van der Waals surface area contributed by atoms with Crippen molar-refractivity contribution in [3.63, 3.8) is 0 Å². The fourth-order valence-corrected chi connectivity index (χ4v) is 13.1. The summed E-state index contributed by atoms with van der Waals surface area (Å²) in [6.07, 6.45) is 54.1. The van der Waals surface area contributed by atoms with Gasteiger partial charge in [0.05, 0.1) is 26.4 Å². The Morgan fingerprint density at radius 3 is 0.723 bits per heavy atom. The molecule has 19 heteroatoms. The third kappa shape index (κ3) is 68.6. The zero-order valence-electron chi connectivity index (χ0n) is 61.3. The molecule has 0 aliphatic heterocycles. The summed E-state index contributed by atoms with van der Waals surface area (Å²) in [6, 6.07) is 0. The van der Waals surface area contributed by atoms with E-state index in [1.807, 2.05) is 0 Å². The van der Waals surface area contributed by atoms with Gasteiger partial charge in [0.25, 0.3) is 0 Å². The predicted octanol–water partition coefficient (Wildman–Crippen LogP) is 21.9. The Labute approximate surface area is 575 Å². The topological polar surface area (TPSA) is 237 Å². The van der Waals surface area contributed by atoms with E-state index in [0.29, 0.717) is 25.7 Å². The fraction of sp³-hybridized carbons (Fsp3) is 0.947. The van der Waals surface area contributed by atoms with Crippen molar-refractivity contribution >= 4 is 39.5 Å². The van der Waals surface area contributed by atoms with Gasteiger partial charge in [0, 0.05) is 25.7 Å². The van der Waals surface area contributed by atoms with Gasteiger partial charge >= 0.3 is 39.5 Å². The largest absolute Gasteiger partial charge is 0.472 e. The summed E-state index contributed by atoms with van der Waals surface area (Å²) in [5.41, 5.74) is 0. The maximum atomic E-state index is 13.1. The number of carbonyl (C=O) groups excluding carboxylic acids is 4. The number of ether oxygens (including phenoxy) is 4. The van der Waals surface area contributed by atoms with Crippen LogP contribution in [0.25, 0.3) is 0 Å². The Hall–Kier alpha value is -1.94. The molecule has 0 fully saturated rings. The van der Waals surface area contributed by atoms with Crippen molar-refractivity contribution in [3.8, 4) is 0 Å². The highest BCUT2D eigenvalue weighted by Gasteiger charge is 2.30. The predicted molar refractivity (Wildman–Crippen MR) is 381 cm³/mol. The van der Waals surface area contributed by atoms with E-state index in [0.717, 1.165) is 115 Å². The molecule has 0 bridgehead atoms. The molecule has 2 unspecified atom stereocenters. The zero-order valence-corrected chi connectivity index (χ0v) is 63.1. The summed E-state index contributed by atoms with van der Waals surface area (Å²) in [7, 11) is -9.90. The summed E-state index contributed by atoms with van der Waals surface area (Å²) < 4.78 is 68.4. The molecule has 0 aromatic carbocycles. The molecular formula is C75H146O17P2. The van der Waals surface area contributed by atoms with Gasteiger partial charge in [-0.25, -0.2) is 9.13 Å².